The van der Waals surface area contributed by atoms with Crippen molar-refractivity contribution in [3.63, 3.8) is 0 Å². The van der Waals surface area contributed by atoms with Crippen LogP contribution in [0.4, 0.5) is 5.82 Å². The largest absolute Gasteiger partial charge is 0.381 e. The van der Waals surface area contributed by atoms with E-state index in [1.165, 1.54) is 0 Å². The number of allylic oxidation sites excluding steroid dienone is 3. The van der Waals surface area contributed by atoms with Gasteiger partial charge in [-0.15, -0.1) is 0 Å². The topological polar surface area (TPSA) is 76.1 Å². The molecule has 0 spiro atoms. The van der Waals surface area contributed by atoms with E-state index in [4.69, 9.17) is 14.5 Å². The average Bonchev–Trinajstić information content (AvgIpc) is 3.01. The van der Waals surface area contributed by atoms with Gasteiger partial charge in [-0.3, -0.25) is 4.79 Å². The lowest BCUT2D eigenvalue weighted by Gasteiger charge is -2.34. The lowest BCUT2D eigenvalue weighted by Crippen LogP contribution is -2.43. The molecule has 0 aliphatic carbocycles. The Balaban J connectivity index is 1.95. The number of anilines is 1. The van der Waals surface area contributed by atoms with Gasteiger partial charge in [0.2, 0.25) is 0 Å². The number of nitrogens with zero attached hydrogens (tertiary/aromatic N) is 3. The number of hydrogen-bond donors (Lipinski definition) is 1. The highest BCUT2D eigenvalue weighted by Gasteiger charge is 2.25. The number of amides is 1. The maximum atomic E-state index is 13.2. The summed E-state index contributed by atoms with van der Waals surface area (Å²) in [5.74, 6) is 1.05. The van der Waals surface area contributed by atoms with Crippen molar-refractivity contribution < 1.29 is 14.3 Å². The Bertz CT molecular complexity index is 843. The minimum atomic E-state index is -0.196. The molecule has 1 fully saturated rings. The van der Waals surface area contributed by atoms with E-state index in [1.807, 2.05) is 26.0 Å². The van der Waals surface area contributed by atoms with Gasteiger partial charge < -0.3 is 19.7 Å². The molecular formula is C23H32N4O3. The number of hydrogen-bond acceptors (Lipinski definition) is 6. The lowest BCUT2D eigenvalue weighted by atomic mass is 10.0. The molecule has 7 nitrogen and oxygen atoms in total. The molecule has 1 atom stereocenters. The fourth-order valence-electron chi connectivity index (χ4n) is 3.64. The zero-order valence-corrected chi connectivity index (χ0v) is 18.2. The third-order valence-corrected chi connectivity index (χ3v) is 5.33. The van der Waals surface area contributed by atoms with Crippen molar-refractivity contribution in [1.29, 1.82) is 0 Å². The van der Waals surface area contributed by atoms with Crippen LogP contribution in [0.5, 0.6) is 0 Å². The minimum absolute atomic E-state index is 0.184. The number of pyridine rings is 1. The van der Waals surface area contributed by atoms with Crippen molar-refractivity contribution in [3.05, 3.63) is 46.4 Å². The molecule has 30 heavy (non-hydrogen) atoms. The minimum Gasteiger partial charge on any atom is -0.381 e. The van der Waals surface area contributed by atoms with E-state index in [1.54, 1.807) is 6.08 Å². The van der Waals surface area contributed by atoms with E-state index in [0.29, 0.717) is 44.0 Å². The predicted molar refractivity (Wildman–Crippen MR) is 119 cm³/mol. The van der Waals surface area contributed by atoms with Crippen LogP contribution in [0.15, 0.2) is 34.6 Å². The molecule has 0 radical (unpaired) electrons. The van der Waals surface area contributed by atoms with Crippen LogP contribution in [-0.2, 0) is 22.3 Å². The molecule has 1 aromatic rings. The summed E-state index contributed by atoms with van der Waals surface area (Å²) >= 11 is 0. The van der Waals surface area contributed by atoms with Crippen LogP contribution in [0.2, 0.25) is 0 Å². The number of fused-ring (bicyclic) bond motifs is 1. The van der Waals surface area contributed by atoms with Gasteiger partial charge in [-0.1, -0.05) is 18.6 Å². The van der Waals surface area contributed by atoms with Crippen LogP contribution >= 0.6 is 0 Å². The monoisotopic (exact) mass is 412 g/mol. The van der Waals surface area contributed by atoms with Crippen LogP contribution in [0.3, 0.4) is 0 Å². The van der Waals surface area contributed by atoms with Gasteiger partial charge in [0, 0.05) is 30.8 Å². The summed E-state index contributed by atoms with van der Waals surface area (Å²) in [7, 11) is 0. The fourth-order valence-corrected chi connectivity index (χ4v) is 3.64. The van der Waals surface area contributed by atoms with Gasteiger partial charge in [0.05, 0.1) is 25.9 Å². The normalized spacial score (nSPS) is 19.5. The first-order chi connectivity index (χ1) is 14.5. The Kier molecular flexibility index (Phi) is 7.76. The molecule has 1 N–H and O–H groups in total. The predicted octanol–water partition coefficient (Wildman–Crippen LogP) is 3.05. The molecule has 2 aliphatic heterocycles. The molecule has 3 rings (SSSR count). The SMILES string of the molecule is C=N/C(=C\C=C(C)C)NC(=O)c1cc(N2CCO[C@@H](CC)C2)nc2c1CCOCC2. The Morgan fingerprint density at radius 1 is 1.33 bits per heavy atom. The molecule has 1 aromatic heterocycles. The lowest BCUT2D eigenvalue weighted by molar-refractivity contribution is 0.0381. The van der Waals surface area contributed by atoms with Gasteiger partial charge in [-0.25, -0.2) is 9.98 Å². The number of nitrogens with one attached hydrogen (secondary N) is 1. The Labute approximate surface area is 178 Å². The zero-order valence-electron chi connectivity index (χ0n) is 18.2. The highest BCUT2D eigenvalue weighted by molar-refractivity contribution is 5.97. The number of aromatic nitrogens is 1. The molecule has 0 bridgehead atoms. The number of morpholine rings is 1. The third kappa shape index (κ3) is 5.55. The maximum Gasteiger partial charge on any atom is 0.257 e. The van der Waals surface area contributed by atoms with E-state index in [9.17, 15) is 4.79 Å². The second kappa shape index (κ2) is 10.5. The van der Waals surface area contributed by atoms with Gasteiger partial charge in [0.25, 0.3) is 5.91 Å². The van der Waals surface area contributed by atoms with E-state index in [-0.39, 0.29) is 12.0 Å². The number of rotatable bonds is 6. The smallest absolute Gasteiger partial charge is 0.257 e. The van der Waals surface area contributed by atoms with Crippen LogP contribution in [-0.4, -0.2) is 56.6 Å². The fraction of sp³-hybridized carbons (Fsp3) is 0.522. The standard InChI is InChI=1S/C23H32N4O3/c1-5-17-15-27(10-13-30-17)22-14-19(18-8-11-29-12-9-20(18)25-22)23(28)26-21(24-4)7-6-16(2)3/h6-7,14,17H,4-5,8-13,15H2,1-3H3,(H,26,28)/b21-7+/t17-/m0/s1. The van der Waals surface area contributed by atoms with Crippen LogP contribution < -0.4 is 10.2 Å². The first-order valence-corrected chi connectivity index (χ1v) is 10.6. The summed E-state index contributed by atoms with van der Waals surface area (Å²) in [5.41, 5.74) is 3.64. The molecule has 1 amide bonds. The summed E-state index contributed by atoms with van der Waals surface area (Å²) in [5, 5.41) is 2.90. The molecule has 3 heterocycles. The summed E-state index contributed by atoms with van der Waals surface area (Å²) < 4.78 is 11.4. The van der Waals surface area contributed by atoms with Gasteiger partial charge in [0.1, 0.15) is 11.6 Å². The van der Waals surface area contributed by atoms with Gasteiger partial charge in [-0.2, -0.15) is 0 Å². The van der Waals surface area contributed by atoms with E-state index in [2.05, 4.69) is 28.9 Å². The summed E-state index contributed by atoms with van der Waals surface area (Å²) in [6.07, 6.45) is 6.16. The summed E-state index contributed by atoms with van der Waals surface area (Å²) in [6, 6.07) is 1.90. The zero-order chi connectivity index (χ0) is 21.5. The summed E-state index contributed by atoms with van der Waals surface area (Å²) in [6.45, 7) is 13.1. The molecule has 2 aliphatic rings. The van der Waals surface area contributed by atoms with Crippen molar-refractivity contribution in [1.82, 2.24) is 10.3 Å². The molecule has 0 aromatic carbocycles. The first kappa shape index (κ1) is 22.2. The molecule has 7 heteroatoms. The molecular weight excluding hydrogens is 380 g/mol. The number of aliphatic imine (C=N–C) groups is 1. The second-order valence-corrected chi connectivity index (χ2v) is 7.82. The molecule has 0 unspecified atom stereocenters. The van der Waals surface area contributed by atoms with Crippen LogP contribution in [0.1, 0.15) is 48.8 Å². The van der Waals surface area contributed by atoms with Crippen LogP contribution in [0.25, 0.3) is 0 Å². The number of carbonyl (C=O) groups excluding carboxylic acids is 1. The van der Waals surface area contributed by atoms with Crippen molar-refractivity contribution in [2.24, 2.45) is 4.99 Å². The van der Waals surface area contributed by atoms with E-state index in [0.717, 1.165) is 42.2 Å². The third-order valence-electron chi connectivity index (χ3n) is 5.33. The van der Waals surface area contributed by atoms with Crippen molar-refractivity contribution in [2.45, 2.75) is 46.1 Å². The molecule has 162 valence electrons. The van der Waals surface area contributed by atoms with E-state index >= 15 is 0 Å². The quantitative estimate of drug-likeness (QED) is 0.574. The molecule has 1 saturated heterocycles. The second-order valence-electron chi connectivity index (χ2n) is 7.82. The van der Waals surface area contributed by atoms with Gasteiger partial charge >= 0.3 is 0 Å². The highest BCUT2D eigenvalue weighted by atomic mass is 16.5. The van der Waals surface area contributed by atoms with Crippen molar-refractivity contribution in [2.75, 3.05) is 37.8 Å². The van der Waals surface area contributed by atoms with E-state index < -0.39 is 0 Å². The Morgan fingerprint density at radius 3 is 2.87 bits per heavy atom. The maximum absolute atomic E-state index is 13.2. The van der Waals surface area contributed by atoms with Crippen molar-refractivity contribution >= 4 is 18.4 Å². The van der Waals surface area contributed by atoms with Gasteiger partial charge in [-0.05, 0) is 51.1 Å². The first-order valence-electron chi connectivity index (χ1n) is 10.6. The summed E-state index contributed by atoms with van der Waals surface area (Å²) in [4.78, 5) is 24.3. The van der Waals surface area contributed by atoms with Crippen LogP contribution in [0, 0.1) is 0 Å². The average molecular weight is 413 g/mol. The Morgan fingerprint density at radius 2 is 2.13 bits per heavy atom. The highest BCUT2D eigenvalue weighted by Crippen LogP contribution is 2.25. The number of carbonyl (C=O) groups is 1. The molecule has 0 saturated carbocycles. The number of ether oxygens (including phenoxy) is 2. The Hall–Kier alpha value is -2.51. The van der Waals surface area contributed by atoms with Gasteiger partial charge in [0.15, 0.2) is 0 Å². The van der Waals surface area contributed by atoms with Crippen molar-refractivity contribution in [3.8, 4) is 0 Å².